The molecule has 1 heterocycles. The highest BCUT2D eigenvalue weighted by atomic mass is 16.5. The minimum atomic E-state index is -0.483. The number of nitrogens with zero attached hydrogens (tertiary/aromatic N) is 1. The fourth-order valence-electron chi connectivity index (χ4n) is 0.792. The van der Waals surface area contributed by atoms with E-state index in [1.807, 2.05) is 0 Å². The van der Waals surface area contributed by atoms with Gasteiger partial charge >= 0.3 is 5.97 Å². The Morgan fingerprint density at radius 3 is 3.00 bits per heavy atom. The molecule has 13 heavy (non-hydrogen) atoms. The molecule has 0 radical (unpaired) electrons. The molecule has 1 aromatic heterocycles. The Hall–Kier alpha value is -1.84. The number of esters is 1. The second kappa shape index (κ2) is 4.25. The highest BCUT2D eigenvalue weighted by Crippen LogP contribution is 1.94. The van der Waals surface area contributed by atoms with E-state index in [1.165, 1.54) is 25.5 Å². The maximum Gasteiger partial charge on any atom is 0.330 e. The molecule has 0 aromatic carbocycles. The maximum absolute atomic E-state index is 11.0. The van der Waals surface area contributed by atoms with Gasteiger partial charge in [-0.1, -0.05) is 0 Å². The molecule has 0 fully saturated rings. The van der Waals surface area contributed by atoms with Crippen LogP contribution in [-0.4, -0.2) is 13.1 Å². The van der Waals surface area contributed by atoms with Crippen LogP contribution < -0.4 is 4.73 Å². The first kappa shape index (κ1) is 9.25. The Morgan fingerprint density at radius 1 is 1.62 bits per heavy atom. The van der Waals surface area contributed by atoms with E-state index < -0.39 is 5.97 Å². The SMILES string of the molecule is COC(=O)/C=C\c1cccc[n+]1[O-]. The van der Waals surface area contributed by atoms with Gasteiger partial charge in [-0.2, -0.15) is 4.73 Å². The second-order valence-electron chi connectivity index (χ2n) is 2.31. The largest absolute Gasteiger partial charge is 0.618 e. The molecule has 0 saturated carbocycles. The number of methoxy groups -OCH3 is 1. The lowest BCUT2D eigenvalue weighted by Gasteiger charge is -1.97. The normalized spacial score (nSPS) is 10.2. The van der Waals surface area contributed by atoms with Crippen LogP contribution in [0.15, 0.2) is 30.5 Å². The summed E-state index contributed by atoms with van der Waals surface area (Å²) < 4.78 is 5.04. The maximum atomic E-state index is 11.0. The van der Waals surface area contributed by atoms with Crippen LogP contribution >= 0.6 is 0 Å². The summed E-state index contributed by atoms with van der Waals surface area (Å²) in [4.78, 5) is 10.7. The van der Waals surface area contributed by atoms with Crippen LogP contribution in [0.5, 0.6) is 0 Å². The van der Waals surface area contributed by atoms with Crippen molar-refractivity contribution >= 4 is 12.0 Å². The van der Waals surface area contributed by atoms with E-state index >= 15 is 0 Å². The first-order chi connectivity index (χ1) is 6.24. The number of ether oxygens (including phenoxy) is 1. The topological polar surface area (TPSA) is 53.2 Å². The highest BCUT2D eigenvalue weighted by molar-refractivity contribution is 5.86. The third-order valence-electron chi connectivity index (χ3n) is 1.45. The van der Waals surface area contributed by atoms with E-state index in [2.05, 4.69) is 4.74 Å². The quantitative estimate of drug-likeness (QED) is 0.287. The molecule has 4 heteroatoms. The summed E-state index contributed by atoms with van der Waals surface area (Å²) in [5.74, 6) is -0.483. The molecule has 0 saturated heterocycles. The lowest BCUT2D eigenvalue weighted by Crippen LogP contribution is -2.28. The van der Waals surface area contributed by atoms with Crippen molar-refractivity contribution in [3.63, 3.8) is 0 Å². The third-order valence-corrected chi connectivity index (χ3v) is 1.45. The van der Waals surface area contributed by atoms with Crippen molar-refractivity contribution in [3.05, 3.63) is 41.4 Å². The molecular formula is C9H9NO3. The van der Waals surface area contributed by atoms with Gasteiger partial charge < -0.3 is 9.94 Å². The van der Waals surface area contributed by atoms with E-state index in [9.17, 15) is 10.0 Å². The molecule has 0 aliphatic rings. The molecular weight excluding hydrogens is 170 g/mol. The standard InChI is InChI=1S/C9H9NO3/c1-13-9(11)6-5-8-4-2-3-7-10(8)12/h2-7H,1H3/b6-5-. The average molecular weight is 179 g/mol. The van der Waals surface area contributed by atoms with E-state index in [0.29, 0.717) is 10.4 Å². The lowest BCUT2D eigenvalue weighted by atomic mass is 10.3. The molecule has 0 spiro atoms. The summed E-state index contributed by atoms with van der Waals surface area (Å²) in [5.41, 5.74) is 0.396. The summed E-state index contributed by atoms with van der Waals surface area (Å²) in [5, 5.41) is 11.0. The summed E-state index contributed by atoms with van der Waals surface area (Å²) in [7, 11) is 1.28. The first-order valence-corrected chi connectivity index (χ1v) is 3.68. The summed E-state index contributed by atoms with van der Waals surface area (Å²) in [6.07, 6.45) is 3.96. The summed E-state index contributed by atoms with van der Waals surface area (Å²) >= 11 is 0. The molecule has 68 valence electrons. The van der Waals surface area contributed by atoms with Crippen molar-refractivity contribution < 1.29 is 14.3 Å². The van der Waals surface area contributed by atoms with Crippen molar-refractivity contribution in [1.82, 2.24) is 0 Å². The van der Waals surface area contributed by atoms with Crippen molar-refractivity contribution in [1.29, 1.82) is 0 Å². The zero-order chi connectivity index (χ0) is 9.68. The van der Waals surface area contributed by atoms with Crippen molar-refractivity contribution in [2.24, 2.45) is 0 Å². The van der Waals surface area contributed by atoms with Gasteiger partial charge in [-0.25, -0.2) is 4.79 Å². The minimum Gasteiger partial charge on any atom is -0.618 e. The van der Waals surface area contributed by atoms with Crippen LogP contribution in [0.4, 0.5) is 0 Å². The van der Waals surface area contributed by atoms with Gasteiger partial charge in [0.1, 0.15) is 0 Å². The van der Waals surface area contributed by atoms with Gasteiger partial charge in [-0.3, -0.25) is 0 Å². The molecule has 1 aromatic rings. The Bertz CT molecular complexity index is 333. The zero-order valence-electron chi connectivity index (χ0n) is 7.14. The smallest absolute Gasteiger partial charge is 0.330 e. The van der Waals surface area contributed by atoms with Gasteiger partial charge in [0.15, 0.2) is 6.20 Å². The van der Waals surface area contributed by atoms with E-state index in [4.69, 9.17) is 0 Å². The monoisotopic (exact) mass is 179 g/mol. The van der Waals surface area contributed by atoms with Crippen molar-refractivity contribution in [2.75, 3.05) is 7.11 Å². The molecule has 0 N–H and O–H groups in total. The Kier molecular flexibility index (Phi) is 3.03. The zero-order valence-corrected chi connectivity index (χ0v) is 7.14. The van der Waals surface area contributed by atoms with Crippen LogP contribution in [-0.2, 0) is 9.53 Å². The molecule has 0 bridgehead atoms. The van der Waals surface area contributed by atoms with Gasteiger partial charge in [0.05, 0.1) is 7.11 Å². The Balaban J connectivity index is 2.80. The average Bonchev–Trinajstić information content (AvgIpc) is 2.16. The van der Waals surface area contributed by atoms with Gasteiger partial charge in [-0.15, -0.1) is 0 Å². The molecule has 4 nitrogen and oxygen atoms in total. The van der Waals surface area contributed by atoms with Crippen LogP contribution in [0.2, 0.25) is 0 Å². The van der Waals surface area contributed by atoms with Crippen LogP contribution in [0.25, 0.3) is 6.08 Å². The van der Waals surface area contributed by atoms with Crippen molar-refractivity contribution in [2.45, 2.75) is 0 Å². The Labute approximate surface area is 75.7 Å². The van der Waals surface area contributed by atoms with Gasteiger partial charge in [0, 0.05) is 24.3 Å². The predicted molar refractivity (Wildman–Crippen MR) is 46.5 cm³/mol. The molecule has 0 aliphatic heterocycles. The highest BCUT2D eigenvalue weighted by Gasteiger charge is 1.98. The number of rotatable bonds is 2. The molecule has 0 aliphatic carbocycles. The number of aromatic nitrogens is 1. The molecule has 0 amide bonds. The fraction of sp³-hybridized carbons (Fsp3) is 0.111. The van der Waals surface area contributed by atoms with E-state index in [0.717, 1.165) is 0 Å². The molecule has 0 atom stereocenters. The number of hydrogen-bond acceptors (Lipinski definition) is 3. The molecule has 1 rings (SSSR count). The lowest BCUT2D eigenvalue weighted by molar-refractivity contribution is -0.607. The van der Waals surface area contributed by atoms with Crippen molar-refractivity contribution in [3.8, 4) is 0 Å². The van der Waals surface area contributed by atoms with E-state index in [1.54, 1.807) is 18.2 Å². The number of carbonyl (C=O) groups is 1. The summed E-state index contributed by atoms with van der Waals surface area (Å²) in [6, 6.07) is 4.93. The number of hydrogen-bond donors (Lipinski definition) is 0. The summed E-state index contributed by atoms with van der Waals surface area (Å²) in [6.45, 7) is 0. The number of pyridine rings is 1. The first-order valence-electron chi connectivity index (χ1n) is 3.68. The van der Waals surface area contributed by atoms with Gasteiger partial charge in [0.2, 0.25) is 5.69 Å². The molecule has 0 unspecified atom stereocenters. The van der Waals surface area contributed by atoms with Gasteiger partial charge in [0.25, 0.3) is 0 Å². The van der Waals surface area contributed by atoms with Crippen LogP contribution in [0.3, 0.4) is 0 Å². The number of carbonyl (C=O) groups excluding carboxylic acids is 1. The second-order valence-corrected chi connectivity index (χ2v) is 2.31. The van der Waals surface area contributed by atoms with E-state index in [-0.39, 0.29) is 0 Å². The Morgan fingerprint density at radius 2 is 2.38 bits per heavy atom. The van der Waals surface area contributed by atoms with Crippen LogP contribution in [0, 0.1) is 5.21 Å². The predicted octanol–water partition coefficient (Wildman–Crippen LogP) is 0.506. The van der Waals surface area contributed by atoms with Crippen LogP contribution in [0.1, 0.15) is 5.69 Å². The van der Waals surface area contributed by atoms with Gasteiger partial charge in [-0.05, 0) is 6.07 Å². The fourth-order valence-corrected chi connectivity index (χ4v) is 0.792. The minimum absolute atomic E-state index is 0.396. The third kappa shape index (κ3) is 2.59.